The second-order valence-electron chi connectivity index (χ2n) is 7.05. The molecule has 0 unspecified atom stereocenters. The number of carbonyl (C=O) groups excluding carboxylic acids is 1. The van der Waals surface area contributed by atoms with Crippen molar-refractivity contribution in [1.29, 1.82) is 0 Å². The molecule has 1 amide bonds. The van der Waals surface area contributed by atoms with Crippen molar-refractivity contribution in [1.82, 2.24) is 5.32 Å². The number of amides is 1. The van der Waals surface area contributed by atoms with Gasteiger partial charge in [0, 0.05) is 6.08 Å². The number of furan rings is 1. The van der Waals surface area contributed by atoms with Crippen LogP contribution in [-0.2, 0) is 11.4 Å². The van der Waals surface area contributed by atoms with E-state index in [1.807, 2.05) is 6.92 Å². The number of nitrogens with one attached hydrogen (secondary N) is 1. The Bertz CT molecular complexity index is 1310. The molecule has 1 aromatic heterocycles. The predicted octanol–water partition coefficient (Wildman–Crippen LogP) is 7.79. The summed E-state index contributed by atoms with van der Waals surface area (Å²) >= 11 is 35.8. The van der Waals surface area contributed by atoms with Gasteiger partial charge in [0.05, 0.1) is 27.4 Å². The predicted molar refractivity (Wildman–Crippen MR) is 143 cm³/mol. The molecule has 1 fully saturated rings. The average molecular weight is 593 g/mol. The molecule has 0 atom stereocenters. The zero-order valence-corrected chi connectivity index (χ0v) is 22.4. The van der Waals surface area contributed by atoms with E-state index in [2.05, 4.69) is 5.32 Å². The molecule has 0 radical (unpaired) electrons. The van der Waals surface area contributed by atoms with Gasteiger partial charge in [-0.2, -0.15) is 0 Å². The monoisotopic (exact) mass is 590 g/mol. The van der Waals surface area contributed by atoms with Gasteiger partial charge in [0.15, 0.2) is 10.9 Å². The molecule has 0 bridgehead atoms. The number of hydrogen-bond donors (Lipinski definition) is 1. The van der Waals surface area contributed by atoms with Crippen molar-refractivity contribution in [3.63, 3.8) is 0 Å². The summed E-state index contributed by atoms with van der Waals surface area (Å²) in [6.07, 6.45) is 1.54. The van der Waals surface area contributed by atoms with E-state index in [9.17, 15) is 4.79 Å². The molecule has 35 heavy (non-hydrogen) atoms. The summed E-state index contributed by atoms with van der Waals surface area (Å²) in [4.78, 5) is 14.4. The second kappa shape index (κ2) is 10.9. The molecular weight excluding hydrogens is 578 g/mol. The number of anilines is 1. The lowest BCUT2D eigenvalue weighted by molar-refractivity contribution is -0.113. The summed E-state index contributed by atoms with van der Waals surface area (Å²) in [7, 11) is 0. The summed E-state index contributed by atoms with van der Waals surface area (Å²) < 4.78 is 16.9. The number of carbonyl (C=O) groups is 1. The third-order valence-corrected chi connectivity index (χ3v) is 7.31. The Balaban J connectivity index is 1.48. The van der Waals surface area contributed by atoms with Crippen LogP contribution in [-0.4, -0.2) is 17.6 Å². The van der Waals surface area contributed by atoms with E-state index in [4.69, 9.17) is 84.1 Å². The molecule has 3 aromatic rings. The first-order chi connectivity index (χ1) is 16.7. The van der Waals surface area contributed by atoms with Crippen LogP contribution in [0.2, 0.25) is 25.1 Å². The van der Waals surface area contributed by atoms with Gasteiger partial charge < -0.3 is 19.2 Å². The summed E-state index contributed by atoms with van der Waals surface area (Å²) in [5.41, 5.74) is 0.870. The van der Waals surface area contributed by atoms with E-state index in [-0.39, 0.29) is 54.2 Å². The van der Waals surface area contributed by atoms with Crippen LogP contribution >= 0.6 is 70.2 Å². The standard InChI is InChI=1S/C23H15Cl5N2O4S/c1-2-32-12-5-3-11(4-6-12)30-22(31)15(29-23(30)35)9-13-7-8-14(34-13)10-33-21-19(27)17(25)16(24)18(26)20(21)28/h3-9H,2,10H2,1H3,(H,29,35)/b15-9+. The Morgan fingerprint density at radius 1 is 0.943 bits per heavy atom. The molecule has 0 spiro atoms. The Kier molecular flexibility index (Phi) is 8.06. The maximum atomic E-state index is 13.0. The molecule has 4 rings (SSSR count). The van der Waals surface area contributed by atoms with Crippen molar-refractivity contribution < 1.29 is 18.7 Å². The van der Waals surface area contributed by atoms with Crippen LogP contribution in [0, 0.1) is 0 Å². The molecule has 2 heterocycles. The van der Waals surface area contributed by atoms with Gasteiger partial charge in [0.2, 0.25) is 0 Å². The first kappa shape index (κ1) is 25.9. The molecule has 1 aliphatic heterocycles. The molecule has 12 heteroatoms. The molecular formula is C23H15Cl5N2O4S. The van der Waals surface area contributed by atoms with Crippen LogP contribution in [0.3, 0.4) is 0 Å². The number of hydrogen-bond acceptors (Lipinski definition) is 5. The highest BCUT2D eigenvalue weighted by molar-refractivity contribution is 7.80. The van der Waals surface area contributed by atoms with Crippen molar-refractivity contribution in [2.24, 2.45) is 0 Å². The zero-order chi connectivity index (χ0) is 25.3. The SMILES string of the molecule is CCOc1ccc(N2C(=O)/C(=C\c3ccc(COc4c(Cl)c(Cl)c(Cl)c(Cl)c4Cl)o3)NC2=S)cc1. The lowest BCUT2D eigenvalue weighted by Gasteiger charge is -2.14. The van der Waals surface area contributed by atoms with Crippen LogP contribution in [0.1, 0.15) is 18.4 Å². The van der Waals surface area contributed by atoms with Gasteiger partial charge in [-0.3, -0.25) is 9.69 Å². The van der Waals surface area contributed by atoms with Crippen molar-refractivity contribution in [2.75, 3.05) is 11.5 Å². The van der Waals surface area contributed by atoms with Crippen LogP contribution in [0.15, 0.2) is 46.5 Å². The van der Waals surface area contributed by atoms with Gasteiger partial charge in [-0.25, -0.2) is 0 Å². The summed E-state index contributed by atoms with van der Waals surface area (Å²) in [6, 6.07) is 10.4. The number of halogens is 5. The molecule has 182 valence electrons. The number of ether oxygens (including phenoxy) is 2. The van der Waals surface area contributed by atoms with Crippen LogP contribution < -0.4 is 19.7 Å². The second-order valence-corrected chi connectivity index (χ2v) is 9.32. The van der Waals surface area contributed by atoms with Crippen LogP contribution in [0.5, 0.6) is 11.5 Å². The molecule has 1 N–H and O–H groups in total. The fourth-order valence-corrected chi connectivity index (χ4v) is 4.70. The third-order valence-electron chi connectivity index (χ3n) is 4.78. The Morgan fingerprint density at radius 2 is 1.57 bits per heavy atom. The summed E-state index contributed by atoms with van der Waals surface area (Å²) in [6.45, 7) is 2.41. The number of thiocarbonyl (C=S) groups is 1. The van der Waals surface area contributed by atoms with Crippen molar-refractivity contribution in [3.8, 4) is 11.5 Å². The van der Waals surface area contributed by atoms with Gasteiger partial charge in [-0.05, 0) is 55.5 Å². The molecule has 6 nitrogen and oxygen atoms in total. The van der Waals surface area contributed by atoms with Crippen LogP contribution in [0.25, 0.3) is 6.08 Å². The van der Waals surface area contributed by atoms with Gasteiger partial charge >= 0.3 is 0 Å². The van der Waals surface area contributed by atoms with Gasteiger partial charge in [-0.1, -0.05) is 58.0 Å². The number of rotatable bonds is 7. The van der Waals surface area contributed by atoms with Crippen molar-refractivity contribution >= 4 is 93.0 Å². The Hall–Kier alpha value is -2.13. The first-order valence-electron chi connectivity index (χ1n) is 10.0. The fraction of sp³-hybridized carbons (Fsp3) is 0.130. The third kappa shape index (κ3) is 5.35. The summed E-state index contributed by atoms with van der Waals surface area (Å²) in [5.74, 6) is 1.29. The normalized spacial score (nSPS) is 14.6. The highest BCUT2D eigenvalue weighted by atomic mass is 35.5. The van der Waals surface area contributed by atoms with E-state index >= 15 is 0 Å². The van der Waals surface area contributed by atoms with E-state index in [0.29, 0.717) is 29.6 Å². The molecule has 1 saturated heterocycles. The van der Waals surface area contributed by atoms with Crippen molar-refractivity contribution in [3.05, 3.63) is 78.7 Å². The molecule has 0 aliphatic carbocycles. The van der Waals surface area contributed by atoms with E-state index in [1.54, 1.807) is 42.5 Å². The highest BCUT2D eigenvalue weighted by Gasteiger charge is 2.32. The molecule has 0 saturated carbocycles. The Labute approximate surface area is 231 Å². The Morgan fingerprint density at radius 3 is 2.20 bits per heavy atom. The molecule has 1 aliphatic rings. The average Bonchev–Trinajstić information content (AvgIpc) is 3.40. The lowest BCUT2D eigenvalue weighted by Crippen LogP contribution is -2.30. The first-order valence-corrected chi connectivity index (χ1v) is 12.3. The summed E-state index contributed by atoms with van der Waals surface area (Å²) in [5, 5.41) is 3.32. The lowest BCUT2D eigenvalue weighted by atomic mass is 10.2. The van der Waals surface area contributed by atoms with Crippen molar-refractivity contribution in [2.45, 2.75) is 13.5 Å². The zero-order valence-electron chi connectivity index (χ0n) is 17.8. The minimum atomic E-state index is -0.322. The highest BCUT2D eigenvalue weighted by Crippen LogP contribution is 2.48. The number of benzene rings is 2. The van der Waals surface area contributed by atoms with Gasteiger partial charge in [0.25, 0.3) is 5.91 Å². The van der Waals surface area contributed by atoms with E-state index in [1.165, 1.54) is 4.90 Å². The van der Waals surface area contributed by atoms with Gasteiger partial charge in [-0.15, -0.1) is 0 Å². The fourth-order valence-electron chi connectivity index (χ4n) is 3.17. The topological polar surface area (TPSA) is 63.9 Å². The van der Waals surface area contributed by atoms with Gasteiger partial charge in [0.1, 0.15) is 39.6 Å². The van der Waals surface area contributed by atoms with E-state index in [0.717, 1.165) is 0 Å². The molecule has 2 aromatic carbocycles. The maximum Gasteiger partial charge on any atom is 0.281 e. The quantitative estimate of drug-likeness (QED) is 0.131. The maximum absolute atomic E-state index is 13.0. The minimum Gasteiger partial charge on any atom is -0.494 e. The smallest absolute Gasteiger partial charge is 0.281 e. The van der Waals surface area contributed by atoms with Crippen LogP contribution in [0.4, 0.5) is 5.69 Å². The van der Waals surface area contributed by atoms with E-state index < -0.39 is 0 Å². The minimum absolute atomic E-state index is 0.0291. The largest absolute Gasteiger partial charge is 0.494 e. The number of nitrogens with zero attached hydrogens (tertiary/aromatic N) is 1.